The van der Waals surface area contributed by atoms with Crippen LogP contribution >= 0.6 is 22.6 Å². The summed E-state index contributed by atoms with van der Waals surface area (Å²) >= 11 is 2.19. The molecule has 0 aliphatic carbocycles. The molecule has 0 atom stereocenters. The van der Waals surface area contributed by atoms with Gasteiger partial charge in [-0.1, -0.05) is 12.1 Å². The highest BCUT2D eigenvalue weighted by molar-refractivity contribution is 14.1. The van der Waals surface area contributed by atoms with Crippen LogP contribution in [0.3, 0.4) is 0 Å². The van der Waals surface area contributed by atoms with Crippen molar-refractivity contribution in [1.82, 2.24) is 4.90 Å². The summed E-state index contributed by atoms with van der Waals surface area (Å²) < 4.78 is 0.974. The van der Waals surface area contributed by atoms with E-state index in [1.54, 1.807) is 11.8 Å². The van der Waals surface area contributed by atoms with Crippen LogP contribution in [0.15, 0.2) is 18.2 Å². The number of carboxylic acid groups (broad SMARTS) is 1. The molecule has 1 heterocycles. The lowest BCUT2D eigenvalue weighted by atomic mass is 9.80. The number of nitrogens with zero attached hydrogens (tertiary/aromatic N) is 1. The molecular formula is C15H18INO3. The van der Waals surface area contributed by atoms with Gasteiger partial charge in [0, 0.05) is 16.7 Å². The maximum absolute atomic E-state index is 12.5. The zero-order valence-corrected chi connectivity index (χ0v) is 13.8. The van der Waals surface area contributed by atoms with Gasteiger partial charge in [-0.15, -0.1) is 0 Å². The molecule has 1 aromatic carbocycles. The molecule has 1 fully saturated rings. The fraction of sp³-hybridized carbons (Fsp3) is 0.467. The smallest absolute Gasteiger partial charge is 0.309 e. The summed E-state index contributed by atoms with van der Waals surface area (Å²) in [6, 6.07) is 5.70. The second-order valence-electron chi connectivity index (χ2n) is 5.59. The number of likely N-dealkylation sites (tertiary alicyclic amines) is 1. The van der Waals surface area contributed by atoms with Crippen molar-refractivity contribution in [3.05, 3.63) is 32.9 Å². The maximum atomic E-state index is 12.5. The van der Waals surface area contributed by atoms with Crippen molar-refractivity contribution in [2.45, 2.75) is 26.7 Å². The highest BCUT2D eigenvalue weighted by atomic mass is 127. The van der Waals surface area contributed by atoms with Gasteiger partial charge in [0.25, 0.3) is 5.91 Å². The molecule has 20 heavy (non-hydrogen) atoms. The van der Waals surface area contributed by atoms with Crippen molar-refractivity contribution in [1.29, 1.82) is 0 Å². The number of amides is 1. The second kappa shape index (κ2) is 5.71. The van der Waals surface area contributed by atoms with Crippen LogP contribution in [-0.2, 0) is 4.79 Å². The molecule has 0 saturated carbocycles. The molecule has 0 aromatic heterocycles. The number of carboxylic acids is 1. The van der Waals surface area contributed by atoms with Crippen LogP contribution in [0.5, 0.6) is 0 Å². The van der Waals surface area contributed by atoms with Crippen LogP contribution in [0, 0.1) is 15.9 Å². The summed E-state index contributed by atoms with van der Waals surface area (Å²) in [6.07, 6.45) is 1.02. The van der Waals surface area contributed by atoms with E-state index in [4.69, 9.17) is 0 Å². The van der Waals surface area contributed by atoms with Crippen LogP contribution in [-0.4, -0.2) is 35.0 Å². The van der Waals surface area contributed by atoms with Gasteiger partial charge in [0.2, 0.25) is 0 Å². The Hall–Kier alpha value is -1.11. The molecule has 0 spiro atoms. The van der Waals surface area contributed by atoms with Gasteiger partial charge < -0.3 is 10.0 Å². The first-order valence-electron chi connectivity index (χ1n) is 6.63. The standard InChI is InChI=1S/C15H18INO3/c1-10-4-3-5-11(12(10)16)13(18)17-8-6-15(2,7-9-17)14(19)20/h3-5H,6-9H2,1-2H3,(H,19,20). The molecule has 4 nitrogen and oxygen atoms in total. The predicted molar refractivity (Wildman–Crippen MR) is 84.8 cm³/mol. The van der Waals surface area contributed by atoms with Crippen LogP contribution in [0.1, 0.15) is 35.7 Å². The average molecular weight is 387 g/mol. The summed E-state index contributed by atoms with van der Waals surface area (Å²) in [7, 11) is 0. The maximum Gasteiger partial charge on any atom is 0.309 e. The van der Waals surface area contributed by atoms with Crippen molar-refractivity contribution in [3.8, 4) is 0 Å². The molecule has 1 saturated heterocycles. The topological polar surface area (TPSA) is 57.6 Å². The Morgan fingerprint density at radius 2 is 1.90 bits per heavy atom. The zero-order valence-electron chi connectivity index (χ0n) is 11.6. The fourth-order valence-electron chi connectivity index (χ4n) is 2.40. The minimum Gasteiger partial charge on any atom is -0.481 e. The summed E-state index contributed by atoms with van der Waals surface area (Å²) in [6.45, 7) is 4.75. The van der Waals surface area contributed by atoms with Gasteiger partial charge in [0.15, 0.2) is 0 Å². The number of halogens is 1. The first-order valence-corrected chi connectivity index (χ1v) is 7.71. The molecule has 1 aliphatic heterocycles. The van der Waals surface area contributed by atoms with Crippen molar-refractivity contribution in [2.75, 3.05) is 13.1 Å². The Morgan fingerprint density at radius 3 is 2.45 bits per heavy atom. The number of aliphatic carboxylic acids is 1. The lowest BCUT2D eigenvalue weighted by Crippen LogP contribution is -2.45. The Kier molecular flexibility index (Phi) is 4.36. The molecule has 5 heteroatoms. The number of benzene rings is 1. The van der Waals surface area contributed by atoms with E-state index in [1.807, 2.05) is 25.1 Å². The minimum atomic E-state index is -0.769. The third kappa shape index (κ3) is 2.82. The van der Waals surface area contributed by atoms with Crippen LogP contribution < -0.4 is 0 Å². The van der Waals surface area contributed by atoms with Gasteiger partial charge in [-0.25, -0.2) is 0 Å². The lowest BCUT2D eigenvalue weighted by Gasteiger charge is -2.36. The molecule has 0 radical (unpaired) electrons. The summed E-state index contributed by atoms with van der Waals surface area (Å²) in [5.41, 5.74) is 1.10. The number of carbonyl (C=O) groups is 2. The number of carbonyl (C=O) groups excluding carboxylic acids is 1. The number of hydrogen-bond acceptors (Lipinski definition) is 2. The molecule has 1 N–H and O–H groups in total. The first-order chi connectivity index (χ1) is 9.35. The lowest BCUT2D eigenvalue weighted by molar-refractivity contribution is -0.150. The highest BCUT2D eigenvalue weighted by Crippen LogP contribution is 2.32. The van der Waals surface area contributed by atoms with Crippen molar-refractivity contribution < 1.29 is 14.7 Å². The van der Waals surface area contributed by atoms with Gasteiger partial charge in [0.05, 0.1) is 11.0 Å². The SMILES string of the molecule is Cc1cccc(C(=O)N2CCC(C)(C(=O)O)CC2)c1I. The largest absolute Gasteiger partial charge is 0.481 e. The van der Waals surface area contributed by atoms with Gasteiger partial charge in [-0.05, 0) is 60.9 Å². The number of piperidine rings is 1. The Morgan fingerprint density at radius 1 is 1.30 bits per heavy atom. The Bertz CT molecular complexity index is 548. The monoisotopic (exact) mass is 387 g/mol. The highest BCUT2D eigenvalue weighted by Gasteiger charge is 2.38. The zero-order chi connectivity index (χ0) is 14.9. The summed E-state index contributed by atoms with van der Waals surface area (Å²) in [4.78, 5) is 25.5. The van der Waals surface area contributed by atoms with Crippen molar-refractivity contribution in [3.63, 3.8) is 0 Å². The predicted octanol–water partition coefficient (Wildman–Crippen LogP) is 2.93. The molecule has 1 aliphatic rings. The average Bonchev–Trinajstić information content (AvgIpc) is 2.42. The quantitative estimate of drug-likeness (QED) is 0.794. The van der Waals surface area contributed by atoms with E-state index in [0.29, 0.717) is 31.5 Å². The molecule has 2 rings (SSSR count). The first kappa shape index (κ1) is 15.3. The normalized spacial score (nSPS) is 17.9. The Labute approximate surface area is 132 Å². The van der Waals surface area contributed by atoms with Gasteiger partial charge in [-0.3, -0.25) is 9.59 Å². The minimum absolute atomic E-state index is 0.00513. The van der Waals surface area contributed by atoms with E-state index >= 15 is 0 Å². The molecule has 0 unspecified atom stereocenters. The number of rotatable bonds is 2. The molecule has 108 valence electrons. The third-order valence-corrected chi connectivity index (χ3v) is 5.52. The van der Waals surface area contributed by atoms with E-state index in [9.17, 15) is 14.7 Å². The second-order valence-corrected chi connectivity index (χ2v) is 6.67. The van der Waals surface area contributed by atoms with Crippen molar-refractivity contribution >= 4 is 34.5 Å². The van der Waals surface area contributed by atoms with E-state index in [2.05, 4.69) is 22.6 Å². The van der Waals surface area contributed by atoms with E-state index in [1.165, 1.54) is 0 Å². The van der Waals surface area contributed by atoms with E-state index in [-0.39, 0.29) is 5.91 Å². The molecule has 1 amide bonds. The fourth-order valence-corrected chi connectivity index (χ4v) is 2.99. The Balaban J connectivity index is 2.13. The van der Waals surface area contributed by atoms with E-state index < -0.39 is 11.4 Å². The summed E-state index contributed by atoms with van der Waals surface area (Å²) in [5, 5.41) is 9.22. The van der Waals surface area contributed by atoms with Crippen LogP contribution in [0.2, 0.25) is 0 Å². The van der Waals surface area contributed by atoms with E-state index in [0.717, 1.165) is 9.13 Å². The van der Waals surface area contributed by atoms with Gasteiger partial charge >= 0.3 is 5.97 Å². The van der Waals surface area contributed by atoms with Gasteiger partial charge in [0.1, 0.15) is 0 Å². The third-order valence-electron chi connectivity index (χ3n) is 4.09. The molecular weight excluding hydrogens is 369 g/mol. The van der Waals surface area contributed by atoms with Crippen LogP contribution in [0.4, 0.5) is 0 Å². The number of hydrogen-bond donors (Lipinski definition) is 1. The number of aryl methyl sites for hydroxylation is 1. The van der Waals surface area contributed by atoms with Crippen LogP contribution in [0.25, 0.3) is 0 Å². The molecule has 0 bridgehead atoms. The van der Waals surface area contributed by atoms with Crippen molar-refractivity contribution in [2.24, 2.45) is 5.41 Å². The van der Waals surface area contributed by atoms with Gasteiger partial charge in [-0.2, -0.15) is 0 Å². The molecule has 1 aromatic rings. The summed E-state index contributed by atoms with van der Waals surface area (Å²) in [5.74, 6) is -0.764.